The van der Waals surface area contributed by atoms with Gasteiger partial charge in [0.25, 0.3) is 0 Å². The normalized spacial score (nSPS) is 11.6. The van der Waals surface area contributed by atoms with E-state index in [-0.39, 0.29) is 5.41 Å². The van der Waals surface area contributed by atoms with Crippen molar-refractivity contribution in [3.8, 4) is 0 Å². The third-order valence-corrected chi connectivity index (χ3v) is 5.13. The van der Waals surface area contributed by atoms with Gasteiger partial charge >= 0.3 is 0 Å². The van der Waals surface area contributed by atoms with Crippen LogP contribution in [0, 0.1) is 0 Å². The fraction of sp³-hybridized carbons (Fsp3) is 0.231. The summed E-state index contributed by atoms with van der Waals surface area (Å²) in [5.41, 5.74) is 4.93. The summed E-state index contributed by atoms with van der Waals surface area (Å²) in [6, 6.07) is 27.4. The molecular formula is C26H27N3. The molecule has 0 atom stereocenters. The van der Waals surface area contributed by atoms with E-state index >= 15 is 0 Å². The van der Waals surface area contributed by atoms with Gasteiger partial charge in [0.15, 0.2) is 0 Å². The van der Waals surface area contributed by atoms with E-state index in [4.69, 9.17) is 9.97 Å². The molecule has 0 bridgehead atoms. The highest BCUT2D eigenvalue weighted by molar-refractivity contribution is 5.89. The Morgan fingerprint density at radius 3 is 2.14 bits per heavy atom. The van der Waals surface area contributed by atoms with Crippen LogP contribution in [-0.4, -0.2) is 9.97 Å². The number of rotatable bonds is 5. The predicted octanol–water partition coefficient (Wildman–Crippen LogP) is 6.13. The van der Waals surface area contributed by atoms with Crippen molar-refractivity contribution in [2.45, 2.75) is 39.2 Å². The molecule has 1 heterocycles. The number of nitrogens with one attached hydrogen (secondary N) is 1. The third kappa shape index (κ3) is 4.62. The van der Waals surface area contributed by atoms with E-state index in [0.717, 1.165) is 35.5 Å². The van der Waals surface area contributed by atoms with Gasteiger partial charge in [-0.3, -0.25) is 0 Å². The Kier molecular flexibility index (Phi) is 5.30. The Balaban J connectivity index is 1.61. The second-order valence-corrected chi connectivity index (χ2v) is 8.47. The molecule has 146 valence electrons. The molecule has 0 saturated heterocycles. The average molecular weight is 382 g/mol. The smallest absolute Gasteiger partial charge is 0.137 e. The van der Waals surface area contributed by atoms with Gasteiger partial charge in [0.05, 0.1) is 5.52 Å². The van der Waals surface area contributed by atoms with Crippen LogP contribution in [0.4, 0.5) is 5.82 Å². The van der Waals surface area contributed by atoms with Crippen LogP contribution < -0.4 is 5.32 Å². The third-order valence-electron chi connectivity index (χ3n) is 5.13. The lowest BCUT2D eigenvalue weighted by atomic mass is 9.86. The summed E-state index contributed by atoms with van der Waals surface area (Å²) in [7, 11) is 0. The molecule has 1 aromatic heterocycles. The minimum absolute atomic E-state index is 0.159. The zero-order valence-electron chi connectivity index (χ0n) is 17.3. The number of hydrogen-bond donors (Lipinski definition) is 1. The van der Waals surface area contributed by atoms with E-state index in [1.54, 1.807) is 0 Å². The first-order valence-electron chi connectivity index (χ1n) is 10.1. The molecule has 0 unspecified atom stereocenters. The van der Waals surface area contributed by atoms with Gasteiger partial charge in [-0.25, -0.2) is 9.97 Å². The molecule has 4 aromatic rings. The monoisotopic (exact) mass is 381 g/mol. The van der Waals surface area contributed by atoms with E-state index in [0.29, 0.717) is 0 Å². The largest absolute Gasteiger partial charge is 0.365 e. The van der Waals surface area contributed by atoms with Crippen LogP contribution in [0.5, 0.6) is 0 Å². The second kappa shape index (κ2) is 8.04. The number of fused-ring (bicyclic) bond motifs is 1. The number of aromatic nitrogens is 2. The Morgan fingerprint density at radius 2 is 1.41 bits per heavy atom. The molecule has 3 nitrogen and oxygen atoms in total. The van der Waals surface area contributed by atoms with Crippen LogP contribution in [0.3, 0.4) is 0 Å². The number of anilines is 1. The fourth-order valence-electron chi connectivity index (χ4n) is 3.43. The van der Waals surface area contributed by atoms with Crippen LogP contribution in [-0.2, 0) is 18.4 Å². The van der Waals surface area contributed by atoms with Crippen molar-refractivity contribution in [3.05, 3.63) is 101 Å². The van der Waals surface area contributed by atoms with Crippen molar-refractivity contribution < 1.29 is 0 Å². The van der Waals surface area contributed by atoms with E-state index in [1.807, 2.05) is 18.2 Å². The lowest BCUT2D eigenvalue weighted by molar-refractivity contribution is 0.590. The van der Waals surface area contributed by atoms with Crippen molar-refractivity contribution in [2.24, 2.45) is 0 Å². The maximum absolute atomic E-state index is 4.86. The van der Waals surface area contributed by atoms with Gasteiger partial charge in [0, 0.05) is 18.4 Å². The molecular weight excluding hydrogens is 354 g/mol. The van der Waals surface area contributed by atoms with Crippen molar-refractivity contribution in [1.29, 1.82) is 0 Å². The molecule has 0 aliphatic heterocycles. The van der Waals surface area contributed by atoms with Gasteiger partial charge in [-0.1, -0.05) is 87.5 Å². The molecule has 29 heavy (non-hydrogen) atoms. The van der Waals surface area contributed by atoms with Crippen LogP contribution in [0.25, 0.3) is 10.9 Å². The number of para-hydroxylation sites is 1. The van der Waals surface area contributed by atoms with Gasteiger partial charge in [-0.15, -0.1) is 0 Å². The molecule has 4 rings (SSSR count). The summed E-state index contributed by atoms with van der Waals surface area (Å²) in [5, 5.41) is 4.56. The van der Waals surface area contributed by atoms with Crippen LogP contribution in [0.1, 0.15) is 43.3 Å². The first-order chi connectivity index (χ1) is 14.0. The van der Waals surface area contributed by atoms with Crippen molar-refractivity contribution in [3.63, 3.8) is 0 Å². The van der Waals surface area contributed by atoms with Crippen LogP contribution in [0.2, 0.25) is 0 Å². The summed E-state index contributed by atoms with van der Waals surface area (Å²) < 4.78 is 0. The predicted molar refractivity (Wildman–Crippen MR) is 121 cm³/mol. The van der Waals surface area contributed by atoms with Gasteiger partial charge in [0.1, 0.15) is 11.6 Å². The average Bonchev–Trinajstić information content (AvgIpc) is 2.72. The second-order valence-electron chi connectivity index (χ2n) is 8.47. The number of hydrogen-bond acceptors (Lipinski definition) is 3. The molecule has 0 saturated carbocycles. The number of nitrogens with zero attached hydrogens (tertiary/aromatic N) is 2. The van der Waals surface area contributed by atoms with Gasteiger partial charge in [-0.05, 0) is 34.2 Å². The topological polar surface area (TPSA) is 37.8 Å². The minimum atomic E-state index is 0.159. The van der Waals surface area contributed by atoms with Crippen LogP contribution in [0.15, 0.2) is 78.9 Å². The van der Waals surface area contributed by atoms with Crippen molar-refractivity contribution in [2.75, 3.05) is 5.32 Å². The van der Waals surface area contributed by atoms with Crippen molar-refractivity contribution >= 4 is 16.7 Å². The van der Waals surface area contributed by atoms with Gasteiger partial charge in [-0.2, -0.15) is 0 Å². The maximum Gasteiger partial charge on any atom is 0.137 e. The standard InChI is InChI=1S/C26H27N3/c1-26(2,3)21-15-13-19(14-16-21)17-24-28-23-12-8-7-11-22(23)25(29-24)27-18-20-9-5-4-6-10-20/h4-16H,17-18H2,1-3H3,(H,27,28,29). The maximum atomic E-state index is 4.86. The minimum Gasteiger partial charge on any atom is -0.365 e. The molecule has 3 aromatic carbocycles. The highest BCUT2D eigenvalue weighted by Crippen LogP contribution is 2.24. The molecule has 0 aliphatic rings. The Bertz CT molecular complexity index is 1090. The quantitative estimate of drug-likeness (QED) is 0.452. The lowest BCUT2D eigenvalue weighted by Crippen LogP contribution is -2.11. The first-order valence-corrected chi connectivity index (χ1v) is 10.1. The molecule has 0 radical (unpaired) electrons. The molecule has 1 N–H and O–H groups in total. The zero-order valence-corrected chi connectivity index (χ0v) is 17.3. The van der Waals surface area contributed by atoms with E-state index in [2.05, 4.69) is 86.8 Å². The first kappa shape index (κ1) is 19.1. The Hall–Kier alpha value is -3.20. The highest BCUT2D eigenvalue weighted by atomic mass is 15.0. The Morgan fingerprint density at radius 1 is 0.724 bits per heavy atom. The highest BCUT2D eigenvalue weighted by Gasteiger charge is 2.13. The summed E-state index contributed by atoms with van der Waals surface area (Å²) in [6.45, 7) is 7.44. The molecule has 0 aliphatic carbocycles. The Labute approximate surface area is 172 Å². The molecule has 3 heteroatoms. The molecule has 0 amide bonds. The summed E-state index contributed by atoms with van der Waals surface area (Å²) in [5.74, 6) is 1.73. The number of benzene rings is 3. The summed E-state index contributed by atoms with van der Waals surface area (Å²) >= 11 is 0. The van der Waals surface area contributed by atoms with E-state index in [1.165, 1.54) is 16.7 Å². The fourth-order valence-corrected chi connectivity index (χ4v) is 3.43. The zero-order chi connectivity index (χ0) is 20.3. The van der Waals surface area contributed by atoms with Crippen LogP contribution >= 0.6 is 0 Å². The van der Waals surface area contributed by atoms with Gasteiger partial charge < -0.3 is 5.32 Å². The lowest BCUT2D eigenvalue weighted by Gasteiger charge is -2.19. The molecule has 0 spiro atoms. The SMILES string of the molecule is CC(C)(C)c1ccc(Cc2nc(NCc3ccccc3)c3ccccc3n2)cc1. The molecule has 0 fully saturated rings. The summed E-state index contributed by atoms with van der Waals surface area (Å²) in [4.78, 5) is 9.67. The van der Waals surface area contributed by atoms with Gasteiger partial charge in [0.2, 0.25) is 0 Å². The van der Waals surface area contributed by atoms with Crippen molar-refractivity contribution in [1.82, 2.24) is 9.97 Å². The summed E-state index contributed by atoms with van der Waals surface area (Å²) in [6.07, 6.45) is 0.718. The van der Waals surface area contributed by atoms with E-state index in [9.17, 15) is 0 Å². The van der Waals surface area contributed by atoms with E-state index < -0.39 is 0 Å².